The van der Waals surface area contributed by atoms with Crippen LogP contribution in [0, 0.1) is 16.7 Å². The van der Waals surface area contributed by atoms with Gasteiger partial charge in [0.05, 0.1) is 12.0 Å². The number of carbonyl (C=O) groups is 1. The topological polar surface area (TPSA) is 35.5 Å². The van der Waals surface area contributed by atoms with Gasteiger partial charge in [-0.2, -0.15) is 0 Å². The quantitative estimate of drug-likeness (QED) is 0.422. The third kappa shape index (κ3) is 2.71. The Labute approximate surface area is 122 Å². The summed E-state index contributed by atoms with van der Waals surface area (Å²) < 4.78 is 10.6. The Hall–Kier alpha value is -0.670. The van der Waals surface area contributed by atoms with E-state index in [1.165, 1.54) is 6.42 Å². The molecule has 0 bridgehead atoms. The molecule has 114 valence electrons. The van der Waals surface area contributed by atoms with Crippen molar-refractivity contribution >= 4 is 5.78 Å². The predicted octanol–water partition coefficient (Wildman–Crippen LogP) is 3.73. The van der Waals surface area contributed by atoms with Crippen molar-refractivity contribution in [1.82, 2.24) is 0 Å². The Morgan fingerprint density at radius 2 is 2.20 bits per heavy atom. The molecule has 2 aliphatic carbocycles. The molecule has 2 fully saturated rings. The van der Waals surface area contributed by atoms with Gasteiger partial charge in [-0.15, -0.1) is 6.58 Å². The zero-order valence-corrected chi connectivity index (χ0v) is 13.0. The van der Waals surface area contributed by atoms with Gasteiger partial charge in [0.25, 0.3) is 0 Å². The fraction of sp³-hybridized carbons (Fsp3) is 0.824. The fourth-order valence-electron chi connectivity index (χ4n) is 4.63. The van der Waals surface area contributed by atoms with E-state index in [9.17, 15) is 4.79 Å². The van der Waals surface area contributed by atoms with Crippen molar-refractivity contribution in [3.63, 3.8) is 0 Å². The molecular weight excluding hydrogens is 252 g/mol. The first-order valence-electron chi connectivity index (χ1n) is 7.80. The molecule has 0 radical (unpaired) electrons. The lowest BCUT2D eigenvalue weighted by Gasteiger charge is -2.55. The molecule has 3 heteroatoms. The average Bonchev–Trinajstić information content (AvgIpc) is 2.41. The number of allylic oxidation sites excluding steroid dienone is 1. The van der Waals surface area contributed by atoms with Gasteiger partial charge in [0.15, 0.2) is 0 Å². The van der Waals surface area contributed by atoms with E-state index in [2.05, 4.69) is 13.5 Å². The molecule has 0 aliphatic heterocycles. The number of methoxy groups -OCH3 is 1. The minimum Gasteiger partial charge on any atom is -0.359 e. The second kappa shape index (κ2) is 6.40. The minimum absolute atomic E-state index is 0.201. The number of fused-ring (bicyclic) bond motifs is 1. The van der Waals surface area contributed by atoms with Crippen LogP contribution in [0.25, 0.3) is 0 Å². The summed E-state index contributed by atoms with van der Waals surface area (Å²) >= 11 is 0. The zero-order chi connectivity index (χ0) is 14.6. The van der Waals surface area contributed by atoms with Gasteiger partial charge in [0, 0.05) is 13.5 Å². The normalized spacial score (nSPS) is 37.5. The van der Waals surface area contributed by atoms with Crippen molar-refractivity contribution in [3.8, 4) is 0 Å². The third-order valence-corrected chi connectivity index (χ3v) is 5.50. The summed E-state index contributed by atoms with van der Waals surface area (Å²) in [5.74, 6) is 0.847. The molecule has 0 aromatic rings. The van der Waals surface area contributed by atoms with Crippen LogP contribution < -0.4 is 0 Å². The number of carbonyl (C=O) groups excluding carboxylic acids is 1. The van der Waals surface area contributed by atoms with Crippen LogP contribution in [-0.4, -0.2) is 26.3 Å². The lowest BCUT2D eigenvalue weighted by atomic mass is 9.49. The highest BCUT2D eigenvalue weighted by atomic mass is 16.7. The summed E-state index contributed by atoms with van der Waals surface area (Å²) in [5.41, 5.74) is -0.0701. The standard InChI is InChI=1S/C17H28O3/c1-4-9-16(2)10-6-11-17(12-20-13-19-3)14(16)7-5-8-15(17)18/h4,14H,1,5-13H2,2-3H3/t14-,16+,17+/m0/s1. The molecule has 0 N–H and O–H groups in total. The molecule has 0 saturated heterocycles. The molecule has 2 aliphatic rings. The van der Waals surface area contributed by atoms with Crippen LogP contribution >= 0.6 is 0 Å². The van der Waals surface area contributed by atoms with Gasteiger partial charge in [0.1, 0.15) is 12.6 Å². The lowest BCUT2D eigenvalue weighted by molar-refractivity contribution is -0.162. The van der Waals surface area contributed by atoms with Crippen molar-refractivity contribution in [2.24, 2.45) is 16.7 Å². The van der Waals surface area contributed by atoms with Gasteiger partial charge < -0.3 is 9.47 Å². The number of ketones is 1. The molecule has 0 spiro atoms. The monoisotopic (exact) mass is 280 g/mol. The Morgan fingerprint density at radius 1 is 1.40 bits per heavy atom. The minimum atomic E-state index is -0.271. The molecule has 0 heterocycles. The molecule has 0 unspecified atom stereocenters. The summed E-state index contributed by atoms with van der Waals surface area (Å²) in [4.78, 5) is 12.7. The number of Topliss-reactive ketones (excluding diaryl/α,β-unsaturated/α-hetero) is 1. The Morgan fingerprint density at radius 3 is 2.90 bits per heavy atom. The molecule has 20 heavy (non-hydrogen) atoms. The maximum atomic E-state index is 12.7. The molecule has 0 aromatic carbocycles. The van der Waals surface area contributed by atoms with Crippen LogP contribution in [-0.2, 0) is 14.3 Å². The number of hydrogen-bond donors (Lipinski definition) is 0. The summed E-state index contributed by atoms with van der Waals surface area (Å²) in [6.07, 6.45) is 9.20. The van der Waals surface area contributed by atoms with E-state index < -0.39 is 0 Å². The van der Waals surface area contributed by atoms with Crippen molar-refractivity contribution in [2.45, 2.75) is 51.9 Å². The van der Waals surface area contributed by atoms with Crippen LogP contribution in [0.3, 0.4) is 0 Å². The Balaban J connectivity index is 2.25. The number of hydrogen-bond acceptors (Lipinski definition) is 3. The van der Waals surface area contributed by atoms with E-state index in [-0.39, 0.29) is 17.6 Å². The molecular formula is C17H28O3. The van der Waals surface area contributed by atoms with E-state index in [4.69, 9.17) is 9.47 Å². The van der Waals surface area contributed by atoms with Crippen LogP contribution in [0.2, 0.25) is 0 Å². The van der Waals surface area contributed by atoms with Crippen LogP contribution in [0.15, 0.2) is 12.7 Å². The largest absolute Gasteiger partial charge is 0.359 e. The van der Waals surface area contributed by atoms with E-state index in [0.29, 0.717) is 18.3 Å². The average molecular weight is 280 g/mol. The maximum Gasteiger partial charge on any atom is 0.146 e. The Bertz CT molecular complexity index is 365. The molecule has 2 rings (SSSR count). The number of ether oxygens (including phenoxy) is 2. The first-order valence-corrected chi connectivity index (χ1v) is 7.80. The van der Waals surface area contributed by atoms with Gasteiger partial charge in [-0.05, 0) is 43.4 Å². The SMILES string of the molecule is C=CC[C@]1(C)CCC[C@]2(COCOC)C(=O)CCC[C@@H]12. The molecule has 2 saturated carbocycles. The first-order chi connectivity index (χ1) is 9.59. The van der Waals surface area contributed by atoms with Crippen molar-refractivity contribution in [3.05, 3.63) is 12.7 Å². The third-order valence-electron chi connectivity index (χ3n) is 5.50. The summed E-state index contributed by atoms with van der Waals surface area (Å²) in [7, 11) is 1.63. The van der Waals surface area contributed by atoms with Gasteiger partial charge >= 0.3 is 0 Å². The van der Waals surface area contributed by atoms with E-state index in [1.54, 1.807) is 7.11 Å². The fourth-order valence-corrected chi connectivity index (χ4v) is 4.63. The van der Waals surface area contributed by atoms with E-state index >= 15 is 0 Å². The van der Waals surface area contributed by atoms with Crippen LogP contribution in [0.1, 0.15) is 51.9 Å². The highest BCUT2D eigenvalue weighted by Crippen LogP contribution is 2.58. The smallest absolute Gasteiger partial charge is 0.146 e. The molecule has 3 nitrogen and oxygen atoms in total. The summed E-state index contributed by atoms with van der Waals surface area (Å²) in [5, 5.41) is 0. The maximum absolute atomic E-state index is 12.7. The van der Waals surface area contributed by atoms with E-state index in [0.717, 1.165) is 38.5 Å². The van der Waals surface area contributed by atoms with Crippen LogP contribution in [0.4, 0.5) is 0 Å². The van der Waals surface area contributed by atoms with Crippen molar-refractivity contribution in [1.29, 1.82) is 0 Å². The zero-order valence-electron chi connectivity index (χ0n) is 13.0. The van der Waals surface area contributed by atoms with Crippen molar-refractivity contribution < 1.29 is 14.3 Å². The van der Waals surface area contributed by atoms with Crippen LogP contribution in [0.5, 0.6) is 0 Å². The predicted molar refractivity (Wildman–Crippen MR) is 79.4 cm³/mol. The van der Waals surface area contributed by atoms with Gasteiger partial charge in [-0.1, -0.05) is 19.4 Å². The first kappa shape index (κ1) is 15.7. The second-order valence-corrected chi connectivity index (χ2v) is 6.78. The highest BCUT2D eigenvalue weighted by molar-refractivity contribution is 5.86. The second-order valence-electron chi connectivity index (χ2n) is 6.78. The van der Waals surface area contributed by atoms with Gasteiger partial charge in [-0.25, -0.2) is 0 Å². The van der Waals surface area contributed by atoms with Gasteiger partial charge in [0.2, 0.25) is 0 Å². The van der Waals surface area contributed by atoms with Crippen molar-refractivity contribution in [2.75, 3.05) is 20.5 Å². The van der Waals surface area contributed by atoms with E-state index in [1.807, 2.05) is 6.08 Å². The molecule has 3 atom stereocenters. The molecule has 0 aromatic heterocycles. The summed E-state index contributed by atoms with van der Waals surface area (Å²) in [6, 6.07) is 0. The lowest BCUT2D eigenvalue weighted by Crippen LogP contribution is -2.54. The highest BCUT2D eigenvalue weighted by Gasteiger charge is 2.55. The summed E-state index contributed by atoms with van der Waals surface area (Å²) in [6.45, 7) is 7.06. The van der Waals surface area contributed by atoms with Gasteiger partial charge in [-0.3, -0.25) is 4.79 Å². The Kier molecular flexibility index (Phi) is 5.03. The molecule has 0 amide bonds. The number of rotatable bonds is 6.